The van der Waals surface area contributed by atoms with Crippen molar-refractivity contribution in [2.24, 2.45) is 0 Å². The predicted molar refractivity (Wildman–Crippen MR) is 68.8 cm³/mol. The van der Waals surface area contributed by atoms with Crippen LogP contribution in [0.5, 0.6) is 0 Å². The van der Waals surface area contributed by atoms with Gasteiger partial charge in [0.05, 0.1) is 11.7 Å². The third-order valence-corrected chi connectivity index (χ3v) is 3.60. The zero-order valence-electron chi connectivity index (χ0n) is 10.1. The molecule has 3 rings (SSSR count). The predicted octanol–water partition coefficient (Wildman–Crippen LogP) is 2.07. The van der Waals surface area contributed by atoms with Crippen LogP contribution in [0.15, 0.2) is 24.5 Å². The number of hydrogen-bond acceptors (Lipinski definition) is 3. The normalized spacial score (nSPS) is 21.4. The third-order valence-electron chi connectivity index (χ3n) is 3.60. The molecule has 0 bridgehead atoms. The van der Waals surface area contributed by atoms with E-state index < -0.39 is 0 Å². The quantitative estimate of drug-likeness (QED) is 0.859. The Hall–Kier alpha value is -1.55. The summed E-state index contributed by atoms with van der Waals surface area (Å²) in [6, 6.07) is 4.36. The Morgan fingerprint density at radius 2 is 2.29 bits per heavy atom. The van der Waals surface area contributed by atoms with Crippen LogP contribution in [0.4, 0.5) is 5.69 Å². The van der Waals surface area contributed by atoms with Crippen molar-refractivity contribution in [3.05, 3.63) is 30.2 Å². The molecule has 2 aromatic heterocycles. The molecule has 1 saturated heterocycles. The van der Waals surface area contributed by atoms with Gasteiger partial charge in [-0.3, -0.25) is 4.90 Å². The highest BCUT2D eigenvalue weighted by molar-refractivity contribution is 5.48. The van der Waals surface area contributed by atoms with Crippen LogP contribution in [0, 0.1) is 0 Å². The van der Waals surface area contributed by atoms with Crippen LogP contribution in [0.2, 0.25) is 0 Å². The van der Waals surface area contributed by atoms with Crippen LogP contribution in [0.3, 0.4) is 0 Å². The molecule has 2 aromatic rings. The largest absolute Gasteiger partial charge is 0.398 e. The molecule has 90 valence electrons. The molecular weight excluding hydrogens is 212 g/mol. The van der Waals surface area contributed by atoms with Gasteiger partial charge in [0.2, 0.25) is 0 Å². The minimum Gasteiger partial charge on any atom is -0.398 e. The number of rotatable bonds is 2. The lowest BCUT2D eigenvalue weighted by molar-refractivity contribution is 0.268. The zero-order chi connectivity index (χ0) is 11.8. The van der Waals surface area contributed by atoms with E-state index in [1.165, 1.54) is 25.1 Å². The number of pyridine rings is 1. The maximum absolute atomic E-state index is 5.78. The van der Waals surface area contributed by atoms with Crippen LogP contribution in [0.1, 0.15) is 31.5 Å². The first kappa shape index (κ1) is 10.6. The van der Waals surface area contributed by atoms with Gasteiger partial charge >= 0.3 is 0 Å². The molecule has 0 radical (unpaired) electrons. The minimum absolute atomic E-state index is 0.487. The topological polar surface area (TPSA) is 46.6 Å². The van der Waals surface area contributed by atoms with Gasteiger partial charge < -0.3 is 10.1 Å². The maximum Gasteiger partial charge on any atom is 0.137 e. The molecule has 4 heteroatoms. The standard InChI is InChI=1S/C13H18N4/c1-2-16-7-3-4-12(16)11-9-17-8-10(14)5-6-13(17)15-11/h5-6,8-9,12H,2-4,7,14H2,1H3. The summed E-state index contributed by atoms with van der Waals surface area (Å²) in [7, 11) is 0. The number of fused-ring (bicyclic) bond motifs is 1. The average molecular weight is 230 g/mol. The van der Waals surface area contributed by atoms with Gasteiger partial charge in [-0.1, -0.05) is 6.92 Å². The lowest BCUT2D eigenvalue weighted by Crippen LogP contribution is -2.22. The molecule has 1 unspecified atom stereocenters. The lowest BCUT2D eigenvalue weighted by Gasteiger charge is -2.20. The van der Waals surface area contributed by atoms with Gasteiger partial charge in [-0.25, -0.2) is 4.98 Å². The second-order valence-electron chi connectivity index (χ2n) is 4.68. The van der Waals surface area contributed by atoms with Gasteiger partial charge in [0.1, 0.15) is 5.65 Å². The molecule has 0 aromatic carbocycles. The highest BCUT2D eigenvalue weighted by Crippen LogP contribution is 2.30. The van der Waals surface area contributed by atoms with Gasteiger partial charge in [0, 0.05) is 18.1 Å². The smallest absolute Gasteiger partial charge is 0.137 e. The minimum atomic E-state index is 0.487. The van der Waals surface area contributed by atoms with E-state index in [0.717, 1.165) is 17.9 Å². The average Bonchev–Trinajstić information content (AvgIpc) is 2.93. The number of hydrogen-bond donors (Lipinski definition) is 1. The molecule has 2 N–H and O–H groups in total. The SMILES string of the molecule is CCN1CCCC1c1cn2cc(N)ccc2n1. The molecule has 0 aliphatic carbocycles. The van der Waals surface area contributed by atoms with E-state index in [-0.39, 0.29) is 0 Å². The highest BCUT2D eigenvalue weighted by atomic mass is 15.2. The fourth-order valence-corrected chi connectivity index (χ4v) is 2.73. The fourth-order valence-electron chi connectivity index (χ4n) is 2.73. The number of anilines is 1. The Bertz CT molecular complexity index is 531. The molecule has 4 nitrogen and oxygen atoms in total. The number of aromatic nitrogens is 2. The van der Waals surface area contributed by atoms with Gasteiger partial charge in [-0.05, 0) is 38.1 Å². The Balaban J connectivity index is 2.00. The maximum atomic E-state index is 5.78. The van der Waals surface area contributed by atoms with E-state index in [1.807, 2.05) is 22.7 Å². The summed E-state index contributed by atoms with van der Waals surface area (Å²) in [5, 5.41) is 0. The number of imidazole rings is 1. The van der Waals surface area contributed by atoms with Crippen molar-refractivity contribution in [1.29, 1.82) is 0 Å². The van der Waals surface area contributed by atoms with Crippen LogP contribution in [-0.4, -0.2) is 27.4 Å². The second kappa shape index (κ2) is 4.04. The van der Waals surface area contributed by atoms with Crippen molar-refractivity contribution < 1.29 is 0 Å². The Morgan fingerprint density at radius 3 is 3.12 bits per heavy atom. The number of nitrogens with zero attached hydrogens (tertiary/aromatic N) is 3. The first-order valence-corrected chi connectivity index (χ1v) is 6.26. The molecule has 1 atom stereocenters. The van der Waals surface area contributed by atoms with Gasteiger partial charge in [0.25, 0.3) is 0 Å². The van der Waals surface area contributed by atoms with Crippen LogP contribution >= 0.6 is 0 Å². The van der Waals surface area contributed by atoms with E-state index >= 15 is 0 Å². The number of likely N-dealkylation sites (tertiary alicyclic amines) is 1. The van der Waals surface area contributed by atoms with Crippen molar-refractivity contribution in [2.75, 3.05) is 18.8 Å². The first-order chi connectivity index (χ1) is 8.28. The monoisotopic (exact) mass is 230 g/mol. The summed E-state index contributed by atoms with van der Waals surface area (Å²) in [5.74, 6) is 0. The van der Waals surface area contributed by atoms with E-state index in [4.69, 9.17) is 10.7 Å². The van der Waals surface area contributed by atoms with Gasteiger partial charge in [-0.2, -0.15) is 0 Å². The van der Waals surface area contributed by atoms with Crippen LogP contribution in [-0.2, 0) is 0 Å². The summed E-state index contributed by atoms with van der Waals surface area (Å²) in [6.45, 7) is 4.50. The molecule has 1 aliphatic rings. The van der Waals surface area contributed by atoms with Crippen LogP contribution < -0.4 is 5.73 Å². The molecule has 0 spiro atoms. The summed E-state index contributed by atoms with van der Waals surface area (Å²) in [6.07, 6.45) is 6.53. The highest BCUT2D eigenvalue weighted by Gasteiger charge is 2.26. The summed E-state index contributed by atoms with van der Waals surface area (Å²) in [4.78, 5) is 7.19. The second-order valence-corrected chi connectivity index (χ2v) is 4.68. The zero-order valence-corrected chi connectivity index (χ0v) is 10.1. The molecule has 1 aliphatic heterocycles. The van der Waals surface area contributed by atoms with E-state index in [9.17, 15) is 0 Å². The Kier molecular flexibility index (Phi) is 2.52. The molecule has 1 fully saturated rings. The number of nitrogens with two attached hydrogens (primary N) is 1. The van der Waals surface area contributed by atoms with Gasteiger partial charge in [0.15, 0.2) is 0 Å². The molecular formula is C13H18N4. The summed E-state index contributed by atoms with van der Waals surface area (Å²) >= 11 is 0. The fraction of sp³-hybridized carbons (Fsp3) is 0.462. The molecule has 17 heavy (non-hydrogen) atoms. The van der Waals surface area contributed by atoms with E-state index in [2.05, 4.69) is 18.0 Å². The molecule has 0 amide bonds. The van der Waals surface area contributed by atoms with Crippen molar-refractivity contribution >= 4 is 11.3 Å². The first-order valence-electron chi connectivity index (χ1n) is 6.26. The van der Waals surface area contributed by atoms with Crippen molar-refractivity contribution in [3.63, 3.8) is 0 Å². The summed E-state index contributed by atoms with van der Waals surface area (Å²) < 4.78 is 2.02. The van der Waals surface area contributed by atoms with Crippen molar-refractivity contribution in [2.45, 2.75) is 25.8 Å². The Labute approximate surface area is 101 Å². The Morgan fingerprint density at radius 1 is 1.41 bits per heavy atom. The lowest BCUT2D eigenvalue weighted by atomic mass is 10.1. The number of nitrogen functional groups attached to an aromatic ring is 1. The molecule has 0 saturated carbocycles. The van der Waals surface area contributed by atoms with Crippen LogP contribution in [0.25, 0.3) is 5.65 Å². The summed E-state index contributed by atoms with van der Waals surface area (Å²) in [5.41, 5.74) is 8.72. The van der Waals surface area contributed by atoms with E-state index in [1.54, 1.807) is 0 Å². The van der Waals surface area contributed by atoms with Crippen molar-refractivity contribution in [3.8, 4) is 0 Å². The third kappa shape index (κ3) is 1.78. The van der Waals surface area contributed by atoms with Crippen molar-refractivity contribution in [1.82, 2.24) is 14.3 Å². The van der Waals surface area contributed by atoms with E-state index in [0.29, 0.717) is 6.04 Å². The van der Waals surface area contributed by atoms with Gasteiger partial charge in [-0.15, -0.1) is 0 Å². The molecule has 3 heterocycles.